The molecule has 9 nitrogen and oxygen atoms in total. The molecule has 0 saturated carbocycles. The van der Waals surface area contributed by atoms with E-state index in [0.29, 0.717) is 17.9 Å². The molecular formula is C19H27NO8. The van der Waals surface area contributed by atoms with Crippen LogP contribution in [-0.2, 0) is 19.1 Å². The lowest BCUT2D eigenvalue weighted by atomic mass is 10.0. The van der Waals surface area contributed by atoms with Gasteiger partial charge in [-0.2, -0.15) is 0 Å². The number of ether oxygens (including phenoxy) is 5. The maximum atomic E-state index is 12.4. The van der Waals surface area contributed by atoms with Crippen LogP contribution in [0.25, 0.3) is 0 Å². The highest BCUT2D eigenvalue weighted by Crippen LogP contribution is 2.34. The van der Waals surface area contributed by atoms with Gasteiger partial charge in [-0.05, 0) is 12.3 Å². The van der Waals surface area contributed by atoms with Gasteiger partial charge in [0.1, 0.15) is 17.4 Å². The maximum absolute atomic E-state index is 12.4. The molecule has 1 aromatic carbocycles. The van der Waals surface area contributed by atoms with Crippen molar-refractivity contribution >= 4 is 17.8 Å². The molecule has 1 atom stereocenters. The summed E-state index contributed by atoms with van der Waals surface area (Å²) in [5, 5.41) is 2.51. The van der Waals surface area contributed by atoms with Crippen molar-refractivity contribution in [3.05, 3.63) is 17.7 Å². The maximum Gasteiger partial charge on any atom is 0.342 e. The standard InChI is InChI=1S/C19H27NO8/c1-11(2)7-13(19(23)27-6)20-17(21)10-28-18(22)12-8-15(25-4)16(26-5)9-14(12)24-3/h8-9,11,13H,7,10H2,1-6H3,(H,20,21)/t13-/m0/s1. The van der Waals surface area contributed by atoms with E-state index in [0.717, 1.165) is 0 Å². The minimum Gasteiger partial charge on any atom is -0.496 e. The van der Waals surface area contributed by atoms with Gasteiger partial charge in [0.15, 0.2) is 18.1 Å². The number of carbonyl (C=O) groups excluding carboxylic acids is 3. The lowest BCUT2D eigenvalue weighted by Gasteiger charge is -2.18. The van der Waals surface area contributed by atoms with Gasteiger partial charge < -0.3 is 29.0 Å². The second-order valence-corrected chi connectivity index (χ2v) is 6.26. The number of carbonyl (C=O) groups is 3. The van der Waals surface area contributed by atoms with Crippen LogP contribution in [0.1, 0.15) is 30.6 Å². The summed E-state index contributed by atoms with van der Waals surface area (Å²) in [6, 6.07) is 2.06. The van der Waals surface area contributed by atoms with Gasteiger partial charge in [0, 0.05) is 12.1 Å². The first kappa shape index (κ1) is 23.1. The molecule has 28 heavy (non-hydrogen) atoms. The number of esters is 2. The van der Waals surface area contributed by atoms with Crippen molar-refractivity contribution in [3.63, 3.8) is 0 Å². The molecule has 0 fully saturated rings. The molecule has 0 radical (unpaired) electrons. The lowest BCUT2D eigenvalue weighted by molar-refractivity contribution is -0.145. The number of hydrogen-bond acceptors (Lipinski definition) is 8. The fourth-order valence-corrected chi connectivity index (χ4v) is 2.46. The summed E-state index contributed by atoms with van der Waals surface area (Å²) in [6.45, 7) is 3.25. The second-order valence-electron chi connectivity index (χ2n) is 6.26. The summed E-state index contributed by atoms with van der Waals surface area (Å²) >= 11 is 0. The van der Waals surface area contributed by atoms with E-state index in [-0.39, 0.29) is 17.2 Å². The van der Waals surface area contributed by atoms with Crippen LogP contribution < -0.4 is 19.5 Å². The molecule has 0 unspecified atom stereocenters. The van der Waals surface area contributed by atoms with Crippen LogP contribution in [0.15, 0.2) is 12.1 Å². The highest BCUT2D eigenvalue weighted by Gasteiger charge is 2.24. The highest BCUT2D eigenvalue weighted by molar-refractivity contribution is 5.95. The fourth-order valence-electron chi connectivity index (χ4n) is 2.46. The second kappa shape index (κ2) is 11.0. The minimum atomic E-state index is -0.813. The summed E-state index contributed by atoms with van der Waals surface area (Å²) in [5.74, 6) is -0.922. The van der Waals surface area contributed by atoms with Crippen LogP contribution in [0.2, 0.25) is 0 Å². The predicted molar refractivity (Wildman–Crippen MR) is 99.8 cm³/mol. The van der Waals surface area contributed by atoms with Crippen molar-refractivity contribution in [1.29, 1.82) is 0 Å². The van der Waals surface area contributed by atoms with Gasteiger partial charge in [-0.15, -0.1) is 0 Å². The third-order valence-corrected chi connectivity index (χ3v) is 3.79. The first-order valence-corrected chi connectivity index (χ1v) is 8.61. The molecule has 0 saturated heterocycles. The van der Waals surface area contributed by atoms with Crippen molar-refractivity contribution < 1.29 is 38.1 Å². The average Bonchev–Trinajstić information content (AvgIpc) is 2.69. The Balaban J connectivity index is 2.82. The predicted octanol–water partition coefficient (Wildman–Crippen LogP) is 1.57. The van der Waals surface area contributed by atoms with Gasteiger partial charge in [0.2, 0.25) is 0 Å². The third kappa shape index (κ3) is 6.33. The first-order chi connectivity index (χ1) is 13.3. The molecule has 0 aliphatic carbocycles. The lowest BCUT2D eigenvalue weighted by Crippen LogP contribution is -2.44. The summed E-state index contributed by atoms with van der Waals surface area (Å²) in [5.41, 5.74) is 0.0691. The van der Waals surface area contributed by atoms with Gasteiger partial charge in [-0.1, -0.05) is 13.8 Å². The van der Waals surface area contributed by atoms with Crippen LogP contribution >= 0.6 is 0 Å². The van der Waals surface area contributed by atoms with Crippen LogP contribution in [0.4, 0.5) is 0 Å². The Kier molecular flexibility index (Phi) is 9.07. The fraction of sp³-hybridized carbons (Fsp3) is 0.526. The Morgan fingerprint density at radius 2 is 1.50 bits per heavy atom. The molecular weight excluding hydrogens is 370 g/mol. The van der Waals surface area contributed by atoms with E-state index in [1.54, 1.807) is 0 Å². The number of nitrogens with one attached hydrogen (secondary N) is 1. The van der Waals surface area contributed by atoms with E-state index < -0.39 is 30.5 Å². The van der Waals surface area contributed by atoms with E-state index >= 15 is 0 Å². The van der Waals surface area contributed by atoms with Crippen molar-refractivity contribution in [1.82, 2.24) is 5.32 Å². The third-order valence-electron chi connectivity index (χ3n) is 3.79. The van der Waals surface area contributed by atoms with Gasteiger partial charge in [0.05, 0.1) is 28.4 Å². The zero-order valence-corrected chi connectivity index (χ0v) is 17.0. The van der Waals surface area contributed by atoms with Gasteiger partial charge in [-0.25, -0.2) is 9.59 Å². The Labute approximate surface area is 164 Å². The molecule has 0 aliphatic heterocycles. The zero-order valence-electron chi connectivity index (χ0n) is 17.0. The molecule has 0 spiro atoms. The molecule has 0 heterocycles. The van der Waals surface area contributed by atoms with Crippen LogP contribution in [0.5, 0.6) is 17.2 Å². The molecule has 1 N–H and O–H groups in total. The Bertz CT molecular complexity index is 701. The first-order valence-electron chi connectivity index (χ1n) is 8.61. The molecule has 1 rings (SSSR count). The number of methoxy groups -OCH3 is 4. The van der Waals surface area contributed by atoms with Gasteiger partial charge >= 0.3 is 11.9 Å². The molecule has 9 heteroatoms. The van der Waals surface area contributed by atoms with Crippen LogP contribution in [0, 0.1) is 5.92 Å². The summed E-state index contributed by atoms with van der Waals surface area (Å²) in [4.78, 5) is 36.2. The number of rotatable bonds is 10. The smallest absolute Gasteiger partial charge is 0.342 e. The van der Waals surface area contributed by atoms with Crippen LogP contribution in [0.3, 0.4) is 0 Å². The molecule has 0 aliphatic rings. The van der Waals surface area contributed by atoms with E-state index in [1.807, 2.05) is 13.8 Å². The molecule has 0 aromatic heterocycles. The largest absolute Gasteiger partial charge is 0.496 e. The monoisotopic (exact) mass is 397 g/mol. The number of hydrogen-bond donors (Lipinski definition) is 1. The zero-order chi connectivity index (χ0) is 21.3. The topological polar surface area (TPSA) is 109 Å². The minimum absolute atomic E-state index is 0.0691. The number of benzene rings is 1. The van der Waals surface area contributed by atoms with Gasteiger partial charge in [-0.3, -0.25) is 4.79 Å². The number of amides is 1. The molecule has 156 valence electrons. The SMILES string of the molecule is COC(=O)[C@H](CC(C)C)NC(=O)COC(=O)c1cc(OC)c(OC)cc1OC. The van der Waals surface area contributed by atoms with E-state index in [9.17, 15) is 14.4 Å². The Morgan fingerprint density at radius 3 is 2.00 bits per heavy atom. The van der Waals surface area contributed by atoms with E-state index in [2.05, 4.69) is 10.1 Å². The van der Waals surface area contributed by atoms with Crippen molar-refractivity contribution in [2.45, 2.75) is 26.3 Å². The Hall–Kier alpha value is -2.97. The van der Waals surface area contributed by atoms with Crippen molar-refractivity contribution in [2.24, 2.45) is 5.92 Å². The highest BCUT2D eigenvalue weighted by atomic mass is 16.5. The summed E-state index contributed by atoms with van der Waals surface area (Å²) < 4.78 is 25.2. The van der Waals surface area contributed by atoms with Crippen molar-refractivity contribution in [3.8, 4) is 17.2 Å². The van der Waals surface area contributed by atoms with Gasteiger partial charge in [0.25, 0.3) is 5.91 Å². The Morgan fingerprint density at radius 1 is 0.929 bits per heavy atom. The summed E-state index contributed by atoms with van der Waals surface area (Å²) in [7, 11) is 5.51. The quantitative estimate of drug-likeness (QED) is 0.593. The van der Waals surface area contributed by atoms with E-state index in [4.69, 9.17) is 18.9 Å². The normalized spacial score (nSPS) is 11.4. The average molecular weight is 397 g/mol. The molecule has 1 amide bonds. The molecule has 0 bridgehead atoms. The molecule has 1 aromatic rings. The van der Waals surface area contributed by atoms with Crippen molar-refractivity contribution in [2.75, 3.05) is 35.0 Å². The summed E-state index contributed by atoms with van der Waals surface area (Å²) in [6.07, 6.45) is 0.399. The van der Waals surface area contributed by atoms with E-state index in [1.165, 1.54) is 40.6 Å². The van der Waals surface area contributed by atoms with Crippen LogP contribution in [-0.4, -0.2) is 58.9 Å².